The van der Waals surface area contributed by atoms with Crippen molar-refractivity contribution in [2.75, 3.05) is 0 Å². The summed E-state index contributed by atoms with van der Waals surface area (Å²) in [4.78, 5) is 14.4. The molecule has 0 saturated carbocycles. The van der Waals surface area contributed by atoms with E-state index in [1.165, 1.54) is 18.2 Å². The Kier molecular flexibility index (Phi) is 3.31. The summed E-state index contributed by atoms with van der Waals surface area (Å²) >= 11 is 0. The van der Waals surface area contributed by atoms with Crippen LogP contribution < -0.4 is 0 Å². The Morgan fingerprint density at radius 3 is 3.06 bits per heavy atom. The molecule has 0 aliphatic heterocycles. The first-order chi connectivity index (χ1) is 8.29. The summed E-state index contributed by atoms with van der Waals surface area (Å²) < 4.78 is 15.1. The summed E-state index contributed by atoms with van der Waals surface area (Å²) in [5, 5.41) is 0. The molecular formula is C13H9FN2O. The van der Waals surface area contributed by atoms with Crippen LogP contribution in [0.2, 0.25) is 0 Å². The van der Waals surface area contributed by atoms with Crippen molar-refractivity contribution in [3.8, 4) is 11.8 Å². The summed E-state index contributed by atoms with van der Waals surface area (Å²) in [6, 6.07) is 4.09. The molecule has 0 saturated heterocycles. The molecule has 0 amide bonds. The van der Waals surface area contributed by atoms with Crippen molar-refractivity contribution in [3.05, 3.63) is 53.9 Å². The van der Waals surface area contributed by atoms with Gasteiger partial charge >= 0.3 is 0 Å². The maximum Gasteiger partial charge on any atom is 0.150 e. The zero-order valence-corrected chi connectivity index (χ0v) is 8.93. The maximum absolute atomic E-state index is 13.3. The third-order valence-corrected chi connectivity index (χ3v) is 2.17. The highest BCUT2D eigenvalue weighted by Crippen LogP contribution is 2.07. The number of imidazole rings is 1. The lowest BCUT2D eigenvalue weighted by Crippen LogP contribution is -1.91. The molecule has 84 valence electrons. The van der Waals surface area contributed by atoms with Gasteiger partial charge < -0.3 is 4.57 Å². The summed E-state index contributed by atoms with van der Waals surface area (Å²) in [6.45, 7) is 0.435. The fraction of sp³-hybridized carbons (Fsp3) is 0.0769. The number of hydrogen-bond donors (Lipinski definition) is 0. The lowest BCUT2D eigenvalue weighted by atomic mass is 10.1. The Bertz CT molecular complexity index is 579. The highest BCUT2D eigenvalue weighted by molar-refractivity contribution is 5.75. The van der Waals surface area contributed by atoms with Gasteiger partial charge in [-0.3, -0.25) is 4.79 Å². The van der Waals surface area contributed by atoms with Gasteiger partial charge in [0.25, 0.3) is 0 Å². The summed E-state index contributed by atoms with van der Waals surface area (Å²) in [7, 11) is 0. The molecule has 0 atom stereocenters. The van der Waals surface area contributed by atoms with Crippen molar-refractivity contribution in [3.63, 3.8) is 0 Å². The van der Waals surface area contributed by atoms with Crippen molar-refractivity contribution >= 4 is 6.29 Å². The zero-order valence-electron chi connectivity index (χ0n) is 8.93. The molecule has 0 bridgehead atoms. The number of hydrogen-bond acceptors (Lipinski definition) is 2. The topological polar surface area (TPSA) is 34.9 Å². The van der Waals surface area contributed by atoms with Gasteiger partial charge in [-0.25, -0.2) is 9.37 Å². The second-order valence-corrected chi connectivity index (χ2v) is 3.39. The summed E-state index contributed by atoms with van der Waals surface area (Å²) in [5.41, 5.74) is 0.646. The Hall–Kier alpha value is -2.41. The molecule has 1 aromatic carbocycles. The Morgan fingerprint density at radius 2 is 2.35 bits per heavy atom. The molecule has 0 aliphatic carbocycles. The number of carbonyl (C=O) groups is 1. The highest BCUT2D eigenvalue weighted by Gasteiger charge is 1.99. The zero-order chi connectivity index (χ0) is 12.1. The molecule has 2 aromatic rings. The molecule has 4 heteroatoms. The van der Waals surface area contributed by atoms with Gasteiger partial charge in [0.1, 0.15) is 12.1 Å². The number of aromatic nitrogens is 2. The quantitative estimate of drug-likeness (QED) is 0.581. The predicted octanol–water partition coefficient (Wildman–Crippen LogP) is 1.89. The van der Waals surface area contributed by atoms with E-state index in [0.717, 1.165) is 0 Å². The molecule has 17 heavy (non-hydrogen) atoms. The normalized spacial score (nSPS) is 9.47. The second-order valence-electron chi connectivity index (χ2n) is 3.39. The fourth-order valence-electron chi connectivity index (χ4n) is 1.32. The van der Waals surface area contributed by atoms with Crippen LogP contribution in [0.1, 0.15) is 15.9 Å². The first-order valence-corrected chi connectivity index (χ1v) is 4.99. The van der Waals surface area contributed by atoms with Crippen molar-refractivity contribution < 1.29 is 9.18 Å². The van der Waals surface area contributed by atoms with E-state index in [2.05, 4.69) is 16.8 Å². The number of halogens is 1. The van der Waals surface area contributed by atoms with Gasteiger partial charge in [-0.1, -0.05) is 11.8 Å². The molecular weight excluding hydrogens is 219 g/mol. The molecule has 0 spiro atoms. The van der Waals surface area contributed by atoms with E-state index in [4.69, 9.17) is 0 Å². The fourth-order valence-corrected chi connectivity index (χ4v) is 1.32. The number of carbonyl (C=O) groups excluding carboxylic acids is 1. The van der Waals surface area contributed by atoms with Crippen molar-refractivity contribution in [1.29, 1.82) is 0 Å². The minimum atomic E-state index is -0.422. The maximum atomic E-state index is 13.3. The second kappa shape index (κ2) is 5.08. The van der Waals surface area contributed by atoms with E-state index in [9.17, 15) is 9.18 Å². The molecule has 0 aliphatic rings. The van der Waals surface area contributed by atoms with Crippen LogP contribution >= 0.6 is 0 Å². The number of aldehydes is 1. The Morgan fingerprint density at radius 1 is 1.47 bits per heavy atom. The number of rotatable bonds is 2. The van der Waals surface area contributed by atoms with E-state index >= 15 is 0 Å². The van der Waals surface area contributed by atoms with Crippen LogP contribution in [0.4, 0.5) is 4.39 Å². The molecule has 1 aromatic heterocycles. The SMILES string of the molecule is O=Cc1ccc(F)c(C#CCn2ccnc2)c1. The van der Waals surface area contributed by atoms with Gasteiger partial charge in [0.05, 0.1) is 18.4 Å². The smallest absolute Gasteiger partial charge is 0.150 e. The van der Waals surface area contributed by atoms with Crippen molar-refractivity contribution in [2.24, 2.45) is 0 Å². The third kappa shape index (κ3) is 2.79. The van der Waals surface area contributed by atoms with Crippen LogP contribution in [0.5, 0.6) is 0 Å². The standard InChI is InChI=1S/C13H9FN2O/c14-13-4-3-11(9-17)8-12(13)2-1-6-16-7-5-15-10-16/h3-5,7-10H,6H2. The monoisotopic (exact) mass is 228 g/mol. The number of nitrogens with zero attached hydrogens (tertiary/aromatic N) is 2. The largest absolute Gasteiger partial charge is 0.326 e. The summed E-state index contributed by atoms with van der Waals surface area (Å²) in [5.74, 6) is 5.08. The minimum absolute atomic E-state index is 0.231. The van der Waals surface area contributed by atoms with Gasteiger partial charge in [0.2, 0.25) is 0 Å². The molecule has 2 rings (SSSR count). The van der Waals surface area contributed by atoms with Crippen LogP contribution in [0.15, 0.2) is 36.9 Å². The average Bonchev–Trinajstić information content (AvgIpc) is 2.84. The van der Waals surface area contributed by atoms with Crippen LogP contribution in [0.3, 0.4) is 0 Å². The van der Waals surface area contributed by atoms with E-state index in [1.807, 2.05) is 0 Å². The van der Waals surface area contributed by atoms with Crippen molar-refractivity contribution in [2.45, 2.75) is 6.54 Å². The highest BCUT2D eigenvalue weighted by atomic mass is 19.1. The Labute approximate surface area is 97.9 Å². The van der Waals surface area contributed by atoms with E-state index < -0.39 is 5.82 Å². The van der Waals surface area contributed by atoms with Crippen LogP contribution in [-0.2, 0) is 6.54 Å². The van der Waals surface area contributed by atoms with Crippen LogP contribution in [-0.4, -0.2) is 15.8 Å². The van der Waals surface area contributed by atoms with Gasteiger partial charge in [-0.15, -0.1) is 0 Å². The first kappa shape index (κ1) is 11.1. The Balaban J connectivity index is 2.18. The lowest BCUT2D eigenvalue weighted by Gasteiger charge is -1.95. The molecule has 0 unspecified atom stereocenters. The van der Waals surface area contributed by atoms with E-state index in [0.29, 0.717) is 18.4 Å². The molecule has 0 radical (unpaired) electrons. The van der Waals surface area contributed by atoms with Gasteiger partial charge in [-0.05, 0) is 18.2 Å². The van der Waals surface area contributed by atoms with Crippen LogP contribution in [0.25, 0.3) is 0 Å². The van der Waals surface area contributed by atoms with Gasteiger partial charge in [0, 0.05) is 18.0 Å². The molecule has 1 heterocycles. The average molecular weight is 228 g/mol. The third-order valence-electron chi connectivity index (χ3n) is 2.17. The summed E-state index contributed by atoms with van der Waals surface area (Å²) in [6.07, 6.45) is 5.72. The first-order valence-electron chi connectivity index (χ1n) is 4.99. The minimum Gasteiger partial charge on any atom is -0.326 e. The molecule has 3 nitrogen and oxygen atoms in total. The van der Waals surface area contributed by atoms with Crippen molar-refractivity contribution in [1.82, 2.24) is 9.55 Å². The predicted molar refractivity (Wildman–Crippen MR) is 60.9 cm³/mol. The van der Waals surface area contributed by atoms with Gasteiger partial charge in [-0.2, -0.15) is 0 Å². The molecule has 0 N–H and O–H groups in total. The number of benzene rings is 1. The van der Waals surface area contributed by atoms with Crippen LogP contribution in [0, 0.1) is 17.7 Å². The van der Waals surface area contributed by atoms with Gasteiger partial charge in [0.15, 0.2) is 0 Å². The lowest BCUT2D eigenvalue weighted by molar-refractivity contribution is 0.112. The van der Waals surface area contributed by atoms with E-state index in [1.54, 1.807) is 23.3 Å². The molecule has 0 fully saturated rings. The van der Waals surface area contributed by atoms with E-state index in [-0.39, 0.29) is 5.56 Å².